The van der Waals surface area contributed by atoms with Gasteiger partial charge in [0.2, 0.25) is 17.7 Å². The molecule has 2 aromatic rings. The number of benzene rings is 2. The zero-order valence-electron chi connectivity index (χ0n) is 38.3. The number of nitrogens with one attached hydrogen (secondary N) is 4. The fourth-order valence-corrected chi connectivity index (χ4v) is 9.87. The Balaban J connectivity index is 1.12. The van der Waals surface area contributed by atoms with Gasteiger partial charge in [0, 0.05) is 64.2 Å². The number of carbonyl (C=O) groups is 6. The average Bonchev–Trinajstić information content (AvgIpc) is 4.11. The van der Waals surface area contributed by atoms with Crippen LogP contribution in [0.5, 0.6) is 0 Å². The van der Waals surface area contributed by atoms with E-state index in [-0.39, 0.29) is 62.4 Å². The summed E-state index contributed by atoms with van der Waals surface area (Å²) in [5.74, 6) is -3.62. The van der Waals surface area contributed by atoms with E-state index in [0.29, 0.717) is 26.2 Å². The molecule has 360 valence electrons. The standard InChI is InChI=1S/C47H67N9O10/c1-30(49-2)44(59)51-35-28-65-41(57)14-15-42(58)66-29-36(52-45(60)43(48)50-3)47(62)56-27-40(34-23-54(25-38(34)56)19-17-32-12-8-5-9-13-32)64-21-20-63-39-26-55(46(35)61)37-24-53(22-33(37)39)18-16-31-10-6-4-7-11-31/h4-13,30,33-40,43,49-50H,14-29,48H2,1-3H3,(H,51,59)(H,52,60)/t30-,33-,34-,35-,36-,37+,38+,39+,40+,43+/m0/s1. The molecule has 0 aliphatic carbocycles. The summed E-state index contributed by atoms with van der Waals surface area (Å²) in [4.78, 5) is 89.8. The number of fused-ring (bicyclic) bond motifs is 10. The van der Waals surface area contributed by atoms with Crippen LogP contribution >= 0.6 is 0 Å². The molecule has 19 nitrogen and oxygen atoms in total. The predicted molar refractivity (Wildman–Crippen MR) is 241 cm³/mol. The van der Waals surface area contributed by atoms with Crippen LogP contribution in [-0.4, -0.2) is 197 Å². The van der Waals surface area contributed by atoms with Crippen molar-refractivity contribution in [2.24, 2.45) is 17.6 Å². The minimum atomic E-state index is -1.28. The minimum Gasteiger partial charge on any atom is -0.463 e. The Bertz CT molecular complexity index is 1840. The molecule has 5 heterocycles. The van der Waals surface area contributed by atoms with E-state index in [0.717, 1.165) is 25.9 Å². The summed E-state index contributed by atoms with van der Waals surface area (Å²) in [6, 6.07) is 16.8. The minimum absolute atomic E-state index is 0.0346. The second-order valence-corrected chi connectivity index (χ2v) is 18.0. The van der Waals surface area contributed by atoms with Crippen LogP contribution in [0, 0.1) is 11.8 Å². The van der Waals surface area contributed by atoms with Crippen LogP contribution in [0.3, 0.4) is 0 Å². The molecule has 7 rings (SSSR count). The Hall–Kier alpha value is -5.02. The molecule has 19 heteroatoms. The second kappa shape index (κ2) is 23.1. The molecule has 5 aliphatic rings. The Labute approximate surface area is 386 Å². The lowest BCUT2D eigenvalue weighted by Gasteiger charge is -2.30. The fourth-order valence-electron chi connectivity index (χ4n) is 9.87. The van der Waals surface area contributed by atoms with Crippen LogP contribution in [0.15, 0.2) is 60.7 Å². The maximum absolute atomic E-state index is 14.6. The van der Waals surface area contributed by atoms with Crippen LogP contribution in [0.1, 0.15) is 30.9 Å². The Morgan fingerprint density at radius 3 is 1.50 bits per heavy atom. The summed E-state index contributed by atoms with van der Waals surface area (Å²) in [5.41, 5.74) is 8.38. The van der Waals surface area contributed by atoms with Crippen molar-refractivity contribution in [2.75, 3.05) is 92.9 Å². The Morgan fingerprint density at radius 1 is 0.636 bits per heavy atom. The lowest BCUT2D eigenvalue weighted by atomic mass is 10.0. The van der Waals surface area contributed by atoms with E-state index in [1.165, 1.54) is 18.2 Å². The van der Waals surface area contributed by atoms with Crippen molar-refractivity contribution in [3.63, 3.8) is 0 Å². The van der Waals surface area contributed by atoms with Gasteiger partial charge in [0.15, 0.2) is 0 Å². The van der Waals surface area contributed by atoms with Gasteiger partial charge in [-0.1, -0.05) is 60.7 Å². The van der Waals surface area contributed by atoms with Crippen molar-refractivity contribution >= 4 is 35.6 Å². The SMILES string of the molecule is CN[C@@H](C)C(=O)N[C@H]1COC(=O)CCC(=O)OC[C@H](NC(=O)[C@H](N)NC)C(=O)N2C[C@@H](OCCO[C@@H]3CN(C1=O)[C@@H]1CN(CCc4ccccc4)C[C@@H]13)[C@H]1CN(CCc3ccccc3)C[C@H]12. The zero-order valence-corrected chi connectivity index (χ0v) is 38.3. The molecular formula is C47H67N9O10. The number of carbonyl (C=O) groups excluding carboxylic acids is 6. The molecule has 0 spiro atoms. The number of hydrogen-bond acceptors (Lipinski definition) is 15. The van der Waals surface area contributed by atoms with Gasteiger partial charge in [-0.2, -0.15) is 0 Å². The molecule has 2 aromatic carbocycles. The maximum atomic E-state index is 14.6. The first kappa shape index (κ1) is 48.9. The van der Waals surface area contributed by atoms with Crippen molar-refractivity contribution in [1.29, 1.82) is 0 Å². The van der Waals surface area contributed by atoms with Gasteiger partial charge in [-0.25, -0.2) is 0 Å². The smallest absolute Gasteiger partial charge is 0.306 e. The number of cyclic esters (lactones) is 2. The molecule has 5 saturated heterocycles. The first-order valence-electron chi connectivity index (χ1n) is 23.3. The van der Waals surface area contributed by atoms with Crippen molar-refractivity contribution in [1.82, 2.24) is 40.9 Å². The zero-order chi connectivity index (χ0) is 46.7. The molecular weight excluding hydrogens is 851 g/mol. The van der Waals surface area contributed by atoms with E-state index in [9.17, 15) is 28.8 Å². The highest BCUT2D eigenvalue weighted by atomic mass is 16.5. The van der Waals surface area contributed by atoms with Gasteiger partial charge in [0.1, 0.15) is 31.5 Å². The van der Waals surface area contributed by atoms with E-state index in [4.69, 9.17) is 24.7 Å². The van der Waals surface area contributed by atoms with Crippen LogP contribution in [0.2, 0.25) is 0 Å². The number of ether oxygens (including phenoxy) is 4. The monoisotopic (exact) mass is 918 g/mol. The molecule has 5 aliphatic heterocycles. The van der Waals surface area contributed by atoms with Crippen molar-refractivity contribution in [3.8, 4) is 0 Å². The van der Waals surface area contributed by atoms with E-state index in [1.807, 2.05) is 36.4 Å². The summed E-state index contributed by atoms with van der Waals surface area (Å²) >= 11 is 0. The average molecular weight is 918 g/mol. The maximum Gasteiger partial charge on any atom is 0.306 e. The second-order valence-electron chi connectivity index (χ2n) is 18.0. The summed E-state index contributed by atoms with van der Waals surface area (Å²) in [5, 5.41) is 11.0. The van der Waals surface area contributed by atoms with Gasteiger partial charge < -0.3 is 60.2 Å². The number of likely N-dealkylation sites (tertiary alicyclic amines) is 2. The lowest BCUT2D eigenvalue weighted by Crippen LogP contribution is -2.58. The van der Waals surface area contributed by atoms with E-state index < -0.39 is 85.9 Å². The van der Waals surface area contributed by atoms with Crippen molar-refractivity contribution < 1.29 is 47.7 Å². The number of rotatable bonds is 12. The van der Waals surface area contributed by atoms with Crippen LogP contribution < -0.4 is 27.0 Å². The number of likely N-dealkylation sites (N-methyl/N-ethyl adjacent to an activating group) is 2. The van der Waals surface area contributed by atoms with Gasteiger partial charge >= 0.3 is 11.9 Å². The largest absolute Gasteiger partial charge is 0.463 e. The molecule has 4 bridgehead atoms. The summed E-state index contributed by atoms with van der Waals surface area (Å²) in [7, 11) is 3.14. The number of hydrogen-bond donors (Lipinski definition) is 5. The van der Waals surface area contributed by atoms with Gasteiger partial charge in [-0.05, 0) is 45.0 Å². The third-order valence-electron chi connectivity index (χ3n) is 13.8. The van der Waals surface area contributed by atoms with E-state index in [2.05, 4.69) is 55.3 Å². The predicted octanol–water partition coefficient (Wildman–Crippen LogP) is -1.51. The lowest BCUT2D eigenvalue weighted by molar-refractivity contribution is -0.154. The molecule has 0 radical (unpaired) electrons. The normalized spacial score (nSPS) is 29.2. The summed E-state index contributed by atoms with van der Waals surface area (Å²) in [6.07, 6.45) is -0.972. The van der Waals surface area contributed by atoms with Gasteiger partial charge in [0.05, 0.1) is 56.4 Å². The number of nitrogens with two attached hydrogens (primary N) is 1. The summed E-state index contributed by atoms with van der Waals surface area (Å²) < 4.78 is 24.3. The van der Waals surface area contributed by atoms with Gasteiger partial charge in [-0.3, -0.25) is 34.1 Å². The van der Waals surface area contributed by atoms with Crippen LogP contribution in [0.4, 0.5) is 0 Å². The molecule has 4 amide bonds. The number of esters is 2. The molecule has 0 saturated carbocycles. The highest BCUT2D eigenvalue weighted by Crippen LogP contribution is 2.36. The van der Waals surface area contributed by atoms with Gasteiger partial charge in [0.25, 0.3) is 5.91 Å². The Kier molecular flexibility index (Phi) is 17.1. The first-order chi connectivity index (χ1) is 31.9. The summed E-state index contributed by atoms with van der Waals surface area (Å²) in [6.45, 7) is 5.79. The topological polar surface area (TPSA) is 226 Å². The fraction of sp³-hybridized carbons (Fsp3) is 0.617. The molecule has 5 fully saturated rings. The number of amides is 4. The number of nitrogens with zero attached hydrogens (tertiary/aromatic N) is 4. The van der Waals surface area contributed by atoms with E-state index >= 15 is 0 Å². The first-order valence-corrected chi connectivity index (χ1v) is 23.3. The highest BCUT2D eigenvalue weighted by molar-refractivity contribution is 5.91. The third kappa shape index (κ3) is 12.3. The molecule has 66 heavy (non-hydrogen) atoms. The molecule has 0 aromatic heterocycles. The third-order valence-corrected chi connectivity index (χ3v) is 13.8. The van der Waals surface area contributed by atoms with E-state index in [1.54, 1.807) is 23.8 Å². The Morgan fingerprint density at radius 2 is 1.08 bits per heavy atom. The molecule has 10 atom stereocenters. The highest BCUT2D eigenvalue weighted by Gasteiger charge is 2.52. The van der Waals surface area contributed by atoms with Crippen molar-refractivity contribution in [3.05, 3.63) is 71.8 Å². The van der Waals surface area contributed by atoms with Crippen LogP contribution in [0.25, 0.3) is 0 Å². The molecule has 6 N–H and O–H groups in total. The van der Waals surface area contributed by atoms with Gasteiger partial charge in [-0.15, -0.1) is 0 Å². The van der Waals surface area contributed by atoms with Crippen LogP contribution in [-0.2, 0) is 60.6 Å². The molecule has 0 unspecified atom stereocenters. The quantitative estimate of drug-likeness (QED) is 0.121. The van der Waals surface area contributed by atoms with Crippen molar-refractivity contribution in [2.45, 2.75) is 81.2 Å².